The van der Waals surface area contributed by atoms with Crippen molar-refractivity contribution in [3.05, 3.63) is 114 Å². The molecule has 3 aromatic carbocycles. The van der Waals surface area contributed by atoms with Gasteiger partial charge in [-0.2, -0.15) is 0 Å². The second-order valence-electron chi connectivity index (χ2n) is 5.92. The standard InChI is InChI=1S/C23H23/c1-4-12-20(13-5-1)14-10-11-19-23(21-15-6-2-7-16-21)22-17-8-3-9-18-22/h1-9,11-13,15-18,23H,10,14,19H2. The van der Waals surface area contributed by atoms with Crippen molar-refractivity contribution in [1.29, 1.82) is 0 Å². The van der Waals surface area contributed by atoms with Crippen LogP contribution in [-0.2, 0) is 6.42 Å². The van der Waals surface area contributed by atoms with Gasteiger partial charge in [0.25, 0.3) is 0 Å². The van der Waals surface area contributed by atoms with Crippen LogP contribution in [0.15, 0.2) is 91.0 Å². The highest BCUT2D eigenvalue weighted by atomic mass is 14.2. The van der Waals surface area contributed by atoms with Crippen molar-refractivity contribution in [3.63, 3.8) is 0 Å². The molecule has 0 unspecified atom stereocenters. The number of rotatable bonds is 7. The second-order valence-corrected chi connectivity index (χ2v) is 5.92. The largest absolute Gasteiger partial charge is 0.0622 e. The minimum atomic E-state index is 0.452. The normalized spacial score (nSPS) is 10.8. The molecule has 3 aromatic rings. The fraction of sp³-hybridized carbons (Fsp3) is 0.174. The van der Waals surface area contributed by atoms with Gasteiger partial charge >= 0.3 is 0 Å². The maximum atomic E-state index is 2.44. The van der Waals surface area contributed by atoms with E-state index in [4.69, 9.17) is 0 Å². The molecule has 23 heavy (non-hydrogen) atoms. The lowest BCUT2D eigenvalue weighted by Gasteiger charge is -2.18. The van der Waals surface area contributed by atoms with E-state index in [9.17, 15) is 0 Å². The van der Waals surface area contributed by atoms with Gasteiger partial charge in [0, 0.05) is 5.92 Å². The van der Waals surface area contributed by atoms with Gasteiger partial charge in [-0.15, -0.1) is 0 Å². The van der Waals surface area contributed by atoms with Crippen molar-refractivity contribution in [1.82, 2.24) is 0 Å². The van der Waals surface area contributed by atoms with E-state index in [0.29, 0.717) is 5.92 Å². The molecule has 0 spiro atoms. The summed E-state index contributed by atoms with van der Waals surface area (Å²) < 4.78 is 0. The van der Waals surface area contributed by atoms with Gasteiger partial charge in [0.1, 0.15) is 0 Å². The Morgan fingerprint density at radius 2 is 1.09 bits per heavy atom. The van der Waals surface area contributed by atoms with Crippen LogP contribution in [0.4, 0.5) is 0 Å². The van der Waals surface area contributed by atoms with E-state index in [1.54, 1.807) is 0 Å². The van der Waals surface area contributed by atoms with Crippen LogP contribution in [0.25, 0.3) is 0 Å². The maximum Gasteiger partial charge on any atom is 0.00920 e. The van der Waals surface area contributed by atoms with Crippen LogP contribution in [0.5, 0.6) is 0 Å². The molecule has 0 heterocycles. The third-order valence-corrected chi connectivity index (χ3v) is 4.29. The average Bonchev–Trinajstić information content (AvgIpc) is 2.64. The zero-order valence-electron chi connectivity index (χ0n) is 13.4. The molecule has 0 bridgehead atoms. The van der Waals surface area contributed by atoms with Gasteiger partial charge in [0.05, 0.1) is 0 Å². The summed E-state index contributed by atoms with van der Waals surface area (Å²) in [5.74, 6) is 0.452. The molecule has 0 aromatic heterocycles. The number of aryl methyl sites for hydroxylation is 1. The van der Waals surface area contributed by atoms with Gasteiger partial charge in [-0.3, -0.25) is 0 Å². The third kappa shape index (κ3) is 4.56. The van der Waals surface area contributed by atoms with Crippen LogP contribution in [0, 0.1) is 6.42 Å². The number of hydrogen-bond donors (Lipinski definition) is 0. The lowest BCUT2D eigenvalue weighted by atomic mass is 9.86. The van der Waals surface area contributed by atoms with E-state index in [0.717, 1.165) is 19.3 Å². The summed E-state index contributed by atoms with van der Waals surface area (Å²) in [5.41, 5.74) is 4.21. The molecule has 0 N–H and O–H groups in total. The van der Waals surface area contributed by atoms with Crippen molar-refractivity contribution in [2.45, 2.75) is 25.2 Å². The zero-order chi connectivity index (χ0) is 15.7. The van der Waals surface area contributed by atoms with E-state index in [1.807, 2.05) is 0 Å². The Hall–Kier alpha value is -2.34. The van der Waals surface area contributed by atoms with Gasteiger partial charge < -0.3 is 0 Å². The topological polar surface area (TPSA) is 0 Å². The van der Waals surface area contributed by atoms with Crippen molar-refractivity contribution in [2.75, 3.05) is 0 Å². The Morgan fingerprint density at radius 3 is 1.61 bits per heavy atom. The van der Waals surface area contributed by atoms with Gasteiger partial charge in [-0.1, -0.05) is 91.0 Å². The minimum Gasteiger partial charge on any atom is -0.0622 e. The Balaban J connectivity index is 1.63. The van der Waals surface area contributed by atoms with Gasteiger partial charge in [0.2, 0.25) is 0 Å². The Bertz CT molecular complexity index is 632. The SMILES string of the molecule is [CH](CCc1ccccc1)CC(c1ccccc1)c1ccccc1. The lowest BCUT2D eigenvalue weighted by molar-refractivity contribution is 0.745. The maximum absolute atomic E-state index is 2.44. The average molecular weight is 299 g/mol. The van der Waals surface area contributed by atoms with E-state index < -0.39 is 0 Å². The molecule has 0 aliphatic heterocycles. The van der Waals surface area contributed by atoms with E-state index in [2.05, 4.69) is 97.4 Å². The first kappa shape index (κ1) is 15.6. The van der Waals surface area contributed by atoms with Crippen LogP contribution in [0.2, 0.25) is 0 Å². The number of benzene rings is 3. The first-order chi connectivity index (χ1) is 11.4. The molecular weight excluding hydrogens is 276 g/mol. The Kier molecular flexibility index (Phi) is 5.64. The zero-order valence-corrected chi connectivity index (χ0v) is 13.4. The van der Waals surface area contributed by atoms with E-state index in [1.165, 1.54) is 16.7 Å². The molecule has 0 aliphatic rings. The highest BCUT2D eigenvalue weighted by Gasteiger charge is 2.13. The molecule has 0 fully saturated rings. The first-order valence-corrected chi connectivity index (χ1v) is 8.39. The molecular formula is C23H23. The summed E-state index contributed by atoms with van der Waals surface area (Å²) >= 11 is 0. The van der Waals surface area contributed by atoms with Crippen LogP contribution in [-0.4, -0.2) is 0 Å². The quantitative estimate of drug-likeness (QED) is 0.466. The minimum absolute atomic E-state index is 0.452. The molecule has 0 aliphatic carbocycles. The molecule has 0 heteroatoms. The molecule has 0 saturated carbocycles. The molecule has 1 radical (unpaired) electrons. The van der Waals surface area contributed by atoms with Gasteiger partial charge in [-0.25, -0.2) is 0 Å². The van der Waals surface area contributed by atoms with Gasteiger partial charge in [0.15, 0.2) is 0 Å². The predicted octanol–water partition coefficient (Wildman–Crippen LogP) is 6.05. The van der Waals surface area contributed by atoms with Crippen LogP contribution < -0.4 is 0 Å². The molecule has 0 saturated heterocycles. The highest BCUT2D eigenvalue weighted by molar-refractivity contribution is 5.32. The summed E-state index contributed by atoms with van der Waals surface area (Å²) in [6, 6.07) is 32.4. The van der Waals surface area contributed by atoms with Crippen molar-refractivity contribution >= 4 is 0 Å². The summed E-state index contributed by atoms with van der Waals surface area (Å²) in [4.78, 5) is 0. The monoisotopic (exact) mass is 299 g/mol. The van der Waals surface area contributed by atoms with Crippen LogP contribution >= 0.6 is 0 Å². The number of hydrogen-bond acceptors (Lipinski definition) is 0. The number of unbranched alkanes of at least 4 members (excludes halogenated alkanes) is 1. The summed E-state index contributed by atoms with van der Waals surface area (Å²) in [7, 11) is 0. The lowest BCUT2D eigenvalue weighted by Crippen LogP contribution is -2.02. The molecule has 0 nitrogen and oxygen atoms in total. The Labute approximate surface area is 139 Å². The highest BCUT2D eigenvalue weighted by Crippen LogP contribution is 2.29. The third-order valence-electron chi connectivity index (χ3n) is 4.29. The van der Waals surface area contributed by atoms with E-state index >= 15 is 0 Å². The Morgan fingerprint density at radius 1 is 0.609 bits per heavy atom. The molecule has 3 rings (SSSR count). The summed E-state index contributed by atoms with van der Waals surface area (Å²) in [6.45, 7) is 0. The predicted molar refractivity (Wildman–Crippen MR) is 98.4 cm³/mol. The van der Waals surface area contributed by atoms with Crippen molar-refractivity contribution in [3.8, 4) is 0 Å². The molecule has 0 atom stereocenters. The fourth-order valence-corrected chi connectivity index (χ4v) is 3.03. The smallest absolute Gasteiger partial charge is 0.00920 e. The van der Waals surface area contributed by atoms with Crippen LogP contribution in [0.1, 0.15) is 35.4 Å². The van der Waals surface area contributed by atoms with E-state index in [-0.39, 0.29) is 0 Å². The molecule has 0 amide bonds. The van der Waals surface area contributed by atoms with Crippen molar-refractivity contribution < 1.29 is 0 Å². The second kappa shape index (κ2) is 8.33. The van der Waals surface area contributed by atoms with Crippen LogP contribution in [0.3, 0.4) is 0 Å². The fourth-order valence-electron chi connectivity index (χ4n) is 3.03. The van der Waals surface area contributed by atoms with Gasteiger partial charge in [-0.05, 0) is 42.4 Å². The summed E-state index contributed by atoms with van der Waals surface area (Å²) in [6.07, 6.45) is 5.77. The molecule has 115 valence electrons. The van der Waals surface area contributed by atoms with Crippen molar-refractivity contribution in [2.24, 2.45) is 0 Å². The first-order valence-electron chi connectivity index (χ1n) is 8.39. The summed E-state index contributed by atoms with van der Waals surface area (Å²) in [5, 5.41) is 0.